The molecule has 54 heavy (non-hydrogen) atoms. The number of hydrogen-bond acceptors (Lipinski definition) is 5. The van der Waals surface area contributed by atoms with Gasteiger partial charge in [0, 0.05) is 43.8 Å². The summed E-state index contributed by atoms with van der Waals surface area (Å²) in [7, 11) is 0. The minimum Gasteiger partial charge on any atom is -0.456 e. The Labute approximate surface area is 315 Å². The largest absolute Gasteiger partial charge is 0.456 e. The highest BCUT2D eigenvalue weighted by molar-refractivity contribution is 6.15. The maximum absolute atomic E-state index is 9.33. The number of hydrogen-bond donors (Lipinski definition) is 0. The fourth-order valence-corrected chi connectivity index (χ4v) is 7.38. The number of aromatic nitrogens is 3. The van der Waals surface area contributed by atoms with Gasteiger partial charge < -0.3 is 8.83 Å². The summed E-state index contributed by atoms with van der Waals surface area (Å²) in [4.78, 5) is 15.1. The van der Waals surface area contributed by atoms with E-state index in [9.17, 15) is 1.37 Å². The summed E-state index contributed by atoms with van der Waals surface area (Å²) in [6.07, 6.45) is 0. The van der Waals surface area contributed by atoms with Crippen LogP contribution in [0.5, 0.6) is 0 Å². The Bertz CT molecular complexity index is 3450. The Morgan fingerprint density at radius 3 is 1.96 bits per heavy atom. The van der Waals surface area contributed by atoms with E-state index in [1.807, 2.05) is 121 Å². The van der Waals surface area contributed by atoms with Crippen molar-refractivity contribution in [2.45, 2.75) is 0 Å². The van der Waals surface area contributed by atoms with E-state index in [-0.39, 0.29) is 35.6 Å². The van der Waals surface area contributed by atoms with E-state index in [0.29, 0.717) is 50.3 Å². The molecule has 0 aliphatic rings. The molecule has 0 aliphatic heterocycles. The maximum Gasteiger partial charge on any atom is 0.164 e. The van der Waals surface area contributed by atoms with Gasteiger partial charge in [-0.05, 0) is 57.8 Å². The molecule has 0 fully saturated rings. The van der Waals surface area contributed by atoms with Crippen molar-refractivity contribution in [1.29, 1.82) is 0 Å². The molecule has 5 heteroatoms. The van der Waals surface area contributed by atoms with Gasteiger partial charge in [-0.15, -0.1) is 0 Å². The van der Waals surface area contributed by atoms with Crippen LogP contribution < -0.4 is 0 Å². The predicted octanol–water partition coefficient (Wildman–Crippen LogP) is 13.2. The van der Waals surface area contributed by atoms with Crippen LogP contribution in [0.4, 0.5) is 0 Å². The van der Waals surface area contributed by atoms with Gasteiger partial charge in [-0.2, -0.15) is 0 Å². The molecule has 0 atom stereocenters. The van der Waals surface area contributed by atoms with E-state index in [1.165, 1.54) is 6.07 Å². The second kappa shape index (κ2) is 12.1. The first-order valence-electron chi connectivity index (χ1n) is 19.7. The molecular formula is C49H29N3O2. The minimum atomic E-state index is -0.0329. The highest BCUT2D eigenvalue weighted by atomic mass is 16.3. The highest BCUT2D eigenvalue weighted by Crippen LogP contribution is 2.41. The Hall–Kier alpha value is -7.37. The number of rotatable bonds is 5. The van der Waals surface area contributed by atoms with Crippen molar-refractivity contribution in [3.8, 4) is 56.4 Å². The molecule has 0 amide bonds. The molecule has 3 heterocycles. The Morgan fingerprint density at radius 1 is 0.389 bits per heavy atom. The number of nitrogens with zero attached hydrogens (tertiary/aromatic N) is 3. The van der Waals surface area contributed by atoms with Gasteiger partial charge in [0.15, 0.2) is 17.5 Å². The normalized spacial score (nSPS) is 12.7. The molecule has 0 saturated heterocycles. The van der Waals surface area contributed by atoms with Crippen molar-refractivity contribution < 1.29 is 14.3 Å². The summed E-state index contributed by atoms with van der Waals surface area (Å²) in [5.74, 6) is 1.06. The molecule has 0 radical (unpaired) electrons. The quantitative estimate of drug-likeness (QED) is 0.179. The fourth-order valence-electron chi connectivity index (χ4n) is 7.38. The SMILES string of the molecule is [2H]c1cc2c(oc3c([2H])cc([2H])c(-c4nc(-c5ccc(-c6ccccc6)cc5)nc(-c5ccc6ccccc6c5)n4)c32)c(-c2ccc3c(c2)oc2ccccc23)c1[2H]. The molecule has 0 bridgehead atoms. The summed E-state index contributed by atoms with van der Waals surface area (Å²) in [6.45, 7) is 0. The van der Waals surface area contributed by atoms with Gasteiger partial charge in [0.1, 0.15) is 22.3 Å². The van der Waals surface area contributed by atoms with Crippen molar-refractivity contribution in [1.82, 2.24) is 15.0 Å². The smallest absolute Gasteiger partial charge is 0.164 e. The Balaban J connectivity index is 1.15. The number of furan rings is 2. The van der Waals surface area contributed by atoms with E-state index < -0.39 is 0 Å². The third kappa shape index (κ3) is 4.98. The summed E-state index contributed by atoms with van der Waals surface area (Å²) >= 11 is 0. The van der Waals surface area contributed by atoms with Gasteiger partial charge in [-0.3, -0.25) is 0 Å². The van der Waals surface area contributed by atoms with Crippen LogP contribution >= 0.6 is 0 Å². The van der Waals surface area contributed by atoms with Crippen molar-refractivity contribution in [2.75, 3.05) is 0 Å². The van der Waals surface area contributed by atoms with Crippen molar-refractivity contribution in [2.24, 2.45) is 0 Å². The average molecular weight is 696 g/mol. The standard InChI is InChI=1S/C49H29N3O2/c1-2-10-30(11-3-1)32-20-23-33(24-21-32)47-50-48(36-25-22-31-12-4-5-13-34(31)28-36)52-49(51-47)41-17-9-19-43-45(41)40-16-8-15-37(46(40)54-43)35-26-27-39-38-14-6-7-18-42(38)53-44(39)29-35/h1-29H/i8D,15D,17D,19D. The molecule has 0 aliphatic carbocycles. The van der Waals surface area contributed by atoms with E-state index in [2.05, 4.69) is 18.2 Å². The Kier molecular flexibility index (Phi) is 5.92. The van der Waals surface area contributed by atoms with Gasteiger partial charge in [0.2, 0.25) is 0 Å². The van der Waals surface area contributed by atoms with Gasteiger partial charge in [-0.1, -0.05) is 146 Å². The summed E-state index contributed by atoms with van der Waals surface area (Å²) in [6, 6.07) is 48.8. The second-order valence-corrected chi connectivity index (χ2v) is 13.3. The number of benzene rings is 8. The molecule has 252 valence electrons. The first-order valence-corrected chi connectivity index (χ1v) is 17.7. The van der Waals surface area contributed by atoms with Crippen LogP contribution in [0.1, 0.15) is 5.48 Å². The van der Waals surface area contributed by atoms with Crippen LogP contribution in [0.3, 0.4) is 0 Å². The van der Waals surface area contributed by atoms with Gasteiger partial charge >= 0.3 is 0 Å². The lowest BCUT2D eigenvalue weighted by atomic mass is 9.99. The molecule has 3 aromatic heterocycles. The molecule has 0 N–H and O–H groups in total. The van der Waals surface area contributed by atoms with Gasteiger partial charge in [0.25, 0.3) is 0 Å². The van der Waals surface area contributed by atoms with E-state index in [4.69, 9.17) is 27.9 Å². The zero-order chi connectivity index (χ0) is 39.1. The summed E-state index contributed by atoms with van der Waals surface area (Å²) < 4.78 is 49.2. The summed E-state index contributed by atoms with van der Waals surface area (Å²) in [5, 5.41) is 4.94. The van der Waals surface area contributed by atoms with Gasteiger partial charge in [0.05, 0.1) is 5.48 Å². The molecule has 0 spiro atoms. The molecule has 11 rings (SSSR count). The lowest BCUT2D eigenvalue weighted by Gasteiger charge is -2.10. The van der Waals surface area contributed by atoms with Crippen LogP contribution in [-0.2, 0) is 0 Å². The lowest BCUT2D eigenvalue weighted by Crippen LogP contribution is -2.00. The summed E-state index contributed by atoms with van der Waals surface area (Å²) in [5.41, 5.74) is 6.97. The molecule has 8 aromatic carbocycles. The molecular weight excluding hydrogens is 663 g/mol. The zero-order valence-corrected chi connectivity index (χ0v) is 28.6. The lowest BCUT2D eigenvalue weighted by molar-refractivity contribution is 0.668. The fraction of sp³-hybridized carbons (Fsp3) is 0. The molecule has 0 unspecified atom stereocenters. The van der Waals surface area contributed by atoms with Gasteiger partial charge in [-0.25, -0.2) is 15.0 Å². The monoisotopic (exact) mass is 695 g/mol. The van der Waals surface area contributed by atoms with Crippen molar-refractivity contribution >= 4 is 54.6 Å². The third-order valence-corrected chi connectivity index (χ3v) is 10.0. The predicted molar refractivity (Wildman–Crippen MR) is 219 cm³/mol. The number of para-hydroxylation sites is 2. The van der Waals surface area contributed by atoms with Crippen LogP contribution in [0.2, 0.25) is 0 Å². The topological polar surface area (TPSA) is 65.0 Å². The second-order valence-electron chi connectivity index (χ2n) is 13.3. The van der Waals surface area contributed by atoms with Crippen molar-refractivity contribution in [3.05, 3.63) is 176 Å². The molecule has 0 saturated carbocycles. The van der Waals surface area contributed by atoms with Crippen LogP contribution in [0, 0.1) is 0 Å². The van der Waals surface area contributed by atoms with Crippen LogP contribution in [0.15, 0.2) is 185 Å². The minimum absolute atomic E-state index is 0.00256. The maximum atomic E-state index is 9.33. The third-order valence-electron chi connectivity index (χ3n) is 10.0. The van der Waals surface area contributed by atoms with Crippen LogP contribution in [0.25, 0.3) is 111 Å². The van der Waals surface area contributed by atoms with E-state index in [1.54, 1.807) is 6.07 Å². The van der Waals surface area contributed by atoms with Crippen LogP contribution in [-0.4, -0.2) is 15.0 Å². The van der Waals surface area contributed by atoms with Crippen molar-refractivity contribution in [3.63, 3.8) is 0 Å². The first-order chi connectivity index (χ1) is 28.4. The number of fused-ring (bicyclic) bond motifs is 7. The molecule has 5 nitrogen and oxygen atoms in total. The first kappa shape index (κ1) is 26.4. The van der Waals surface area contributed by atoms with E-state index >= 15 is 0 Å². The zero-order valence-electron chi connectivity index (χ0n) is 32.6. The molecule has 11 aromatic rings. The Morgan fingerprint density at radius 2 is 1.07 bits per heavy atom. The van der Waals surface area contributed by atoms with E-state index in [0.717, 1.165) is 49.4 Å². The highest BCUT2D eigenvalue weighted by Gasteiger charge is 2.20. The average Bonchev–Trinajstić information content (AvgIpc) is 3.82.